The number of benzene rings is 2. The summed E-state index contributed by atoms with van der Waals surface area (Å²) in [5, 5.41) is 5.35. The van der Waals surface area contributed by atoms with E-state index in [4.69, 9.17) is 4.74 Å². The zero-order valence-electron chi connectivity index (χ0n) is 17.6. The van der Waals surface area contributed by atoms with E-state index in [1.807, 2.05) is 0 Å². The maximum Gasteiger partial charge on any atom is 0.433 e. The summed E-state index contributed by atoms with van der Waals surface area (Å²) < 4.78 is 43.4. The first-order valence-electron chi connectivity index (χ1n) is 10.2. The Hall–Kier alpha value is -4.40. The van der Waals surface area contributed by atoms with Gasteiger partial charge in [0.2, 0.25) is 5.91 Å². The Morgan fingerprint density at radius 3 is 2.62 bits per heavy atom. The van der Waals surface area contributed by atoms with Gasteiger partial charge in [-0.2, -0.15) is 13.2 Å². The van der Waals surface area contributed by atoms with Crippen LogP contribution in [-0.2, 0) is 22.3 Å². The Morgan fingerprint density at radius 2 is 1.85 bits per heavy atom. The number of hydrogen-bond donors (Lipinski definition) is 2. The lowest BCUT2D eigenvalue weighted by atomic mass is 10.1. The van der Waals surface area contributed by atoms with E-state index in [0.29, 0.717) is 28.1 Å². The summed E-state index contributed by atoms with van der Waals surface area (Å²) in [4.78, 5) is 27.7. The molecule has 34 heavy (non-hydrogen) atoms. The Labute approximate surface area is 192 Å². The molecule has 0 aliphatic carbocycles. The number of halogens is 3. The summed E-state index contributed by atoms with van der Waals surface area (Å²) in [7, 11) is 0. The lowest BCUT2D eigenvalue weighted by Gasteiger charge is -2.19. The van der Waals surface area contributed by atoms with Gasteiger partial charge < -0.3 is 15.4 Å². The Morgan fingerprint density at radius 1 is 1.06 bits per heavy atom. The number of anilines is 1. The van der Waals surface area contributed by atoms with Crippen molar-refractivity contribution in [2.24, 2.45) is 0 Å². The van der Waals surface area contributed by atoms with Crippen LogP contribution in [0.1, 0.15) is 22.4 Å². The van der Waals surface area contributed by atoms with Crippen molar-refractivity contribution in [1.29, 1.82) is 0 Å². The van der Waals surface area contributed by atoms with Gasteiger partial charge in [-0.1, -0.05) is 36.4 Å². The molecule has 0 saturated carbocycles. The molecule has 0 bridgehead atoms. The summed E-state index contributed by atoms with van der Waals surface area (Å²) in [5.74, 6) is -0.0981. The maximum absolute atomic E-state index is 12.6. The van der Waals surface area contributed by atoms with Crippen molar-refractivity contribution in [3.05, 3.63) is 101 Å². The van der Waals surface area contributed by atoms with E-state index in [2.05, 4.69) is 15.6 Å². The Bertz CT molecular complexity index is 1280. The molecule has 2 N–H and O–H groups in total. The molecule has 0 saturated heterocycles. The highest BCUT2D eigenvalue weighted by Gasteiger charge is 2.32. The van der Waals surface area contributed by atoms with Crippen LogP contribution in [0.25, 0.3) is 12.2 Å². The number of rotatable bonds is 5. The van der Waals surface area contributed by atoms with E-state index in [1.54, 1.807) is 60.7 Å². The molecular weight excluding hydrogens is 447 g/mol. The number of amides is 2. The molecule has 2 heterocycles. The lowest BCUT2D eigenvalue weighted by Crippen LogP contribution is -2.23. The van der Waals surface area contributed by atoms with Gasteiger partial charge in [-0.25, -0.2) is 0 Å². The van der Waals surface area contributed by atoms with Gasteiger partial charge >= 0.3 is 6.18 Å². The predicted molar refractivity (Wildman–Crippen MR) is 120 cm³/mol. The van der Waals surface area contributed by atoms with E-state index in [-0.39, 0.29) is 18.2 Å². The number of carbonyl (C=O) groups excluding carboxylic acids is 2. The molecule has 3 aromatic rings. The number of carbonyl (C=O) groups is 2. The fourth-order valence-electron chi connectivity index (χ4n) is 3.12. The Kier molecular flexibility index (Phi) is 6.44. The maximum atomic E-state index is 12.6. The average Bonchev–Trinajstić information content (AvgIpc) is 2.82. The highest BCUT2D eigenvalue weighted by molar-refractivity contribution is 6.08. The number of pyridine rings is 1. The molecule has 2 aromatic carbocycles. The van der Waals surface area contributed by atoms with Crippen LogP contribution >= 0.6 is 0 Å². The second-order valence-electron chi connectivity index (χ2n) is 7.33. The van der Waals surface area contributed by atoms with Gasteiger partial charge in [0.25, 0.3) is 5.91 Å². The third-order valence-electron chi connectivity index (χ3n) is 4.80. The number of para-hydroxylation sites is 2. The van der Waals surface area contributed by atoms with Crippen molar-refractivity contribution < 1.29 is 27.5 Å². The highest BCUT2D eigenvalue weighted by Crippen LogP contribution is 2.31. The first-order chi connectivity index (χ1) is 16.3. The zero-order valence-corrected chi connectivity index (χ0v) is 17.6. The van der Waals surface area contributed by atoms with Gasteiger partial charge in [-0.05, 0) is 53.1 Å². The summed E-state index contributed by atoms with van der Waals surface area (Å²) in [5.41, 5.74) is 1.45. The third kappa shape index (κ3) is 5.69. The lowest BCUT2D eigenvalue weighted by molar-refractivity contribution is -0.141. The number of alkyl halides is 3. The van der Waals surface area contributed by atoms with Gasteiger partial charge in [-0.15, -0.1) is 0 Å². The van der Waals surface area contributed by atoms with Crippen LogP contribution in [-0.4, -0.2) is 16.8 Å². The molecule has 1 aromatic heterocycles. The van der Waals surface area contributed by atoms with Crippen LogP contribution in [0.4, 0.5) is 18.9 Å². The van der Waals surface area contributed by atoms with Crippen LogP contribution in [0, 0.1) is 0 Å². The van der Waals surface area contributed by atoms with Crippen molar-refractivity contribution in [2.75, 3.05) is 5.32 Å². The van der Waals surface area contributed by atoms with E-state index >= 15 is 0 Å². The topological polar surface area (TPSA) is 80.3 Å². The molecule has 0 radical (unpaired) electrons. The largest absolute Gasteiger partial charge is 0.449 e. The quantitative estimate of drug-likeness (QED) is 0.531. The average molecular weight is 465 g/mol. The molecule has 0 fully saturated rings. The summed E-state index contributed by atoms with van der Waals surface area (Å²) in [6, 6.07) is 16.3. The van der Waals surface area contributed by atoms with E-state index < -0.39 is 17.8 Å². The second-order valence-corrected chi connectivity index (χ2v) is 7.33. The zero-order chi connectivity index (χ0) is 24.1. The molecule has 9 heteroatoms. The predicted octanol–water partition coefficient (Wildman–Crippen LogP) is 4.80. The molecule has 0 atom stereocenters. The van der Waals surface area contributed by atoms with Crippen LogP contribution in [0.5, 0.6) is 5.75 Å². The number of hydrogen-bond acceptors (Lipinski definition) is 4. The molecule has 1 aliphatic heterocycles. The number of nitrogens with zero attached hydrogens (tertiary/aromatic N) is 1. The summed E-state index contributed by atoms with van der Waals surface area (Å²) >= 11 is 0. The summed E-state index contributed by atoms with van der Waals surface area (Å²) in [6.07, 6.45) is 1.06. The number of fused-ring (bicyclic) bond motifs is 1. The molecule has 1 aliphatic rings. The minimum atomic E-state index is -4.51. The fourth-order valence-corrected chi connectivity index (χ4v) is 3.12. The molecule has 2 amide bonds. The van der Waals surface area contributed by atoms with Crippen LogP contribution in [0.2, 0.25) is 0 Å². The van der Waals surface area contributed by atoms with Crippen LogP contribution < -0.4 is 15.4 Å². The van der Waals surface area contributed by atoms with E-state index in [0.717, 1.165) is 12.3 Å². The Balaban J connectivity index is 1.37. The smallest absolute Gasteiger partial charge is 0.433 e. The normalized spacial score (nSPS) is 14.4. The molecular formula is C25H18F3N3O3. The fraction of sp³-hybridized carbons (Fsp3) is 0.0800. The molecule has 0 unspecified atom stereocenters. The van der Waals surface area contributed by atoms with Crippen molar-refractivity contribution >= 4 is 29.7 Å². The first kappa shape index (κ1) is 22.8. The molecule has 0 spiro atoms. The highest BCUT2D eigenvalue weighted by atomic mass is 19.4. The van der Waals surface area contributed by atoms with Gasteiger partial charge in [0, 0.05) is 18.8 Å². The van der Waals surface area contributed by atoms with Crippen molar-refractivity contribution in [2.45, 2.75) is 12.7 Å². The SMILES string of the molecule is O=C(/C=C/c1cccc(/C=C2\Oc3ccccc3NC2=O)c1)NCc1ccc(C(F)(F)F)nc1. The van der Waals surface area contributed by atoms with Gasteiger partial charge in [-0.3, -0.25) is 14.6 Å². The standard InChI is InChI=1S/C25H18F3N3O3/c26-25(27,28)22-10-8-18(14-29-22)15-30-23(32)11-9-16-4-3-5-17(12-16)13-21-24(33)31-19-6-1-2-7-20(19)34-21/h1-14H,15H2,(H,30,32)(H,31,33)/b11-9+,21-13-. The first-order valence-corrected chi connectivity index (χ1v) is 10.2. The number of nitrogens with one attached hydrogen (secondary N) is 2. The minimum absolute atomic E-state index is 0.0361. The second kappa shape index (κ2) is 9.62. The third-order valence-corrected chi connectivity index (χ3v) is 4.80. The van der Waals surface area contributed by atoms with Crippen molar-refractivity contribution in [3.8, 4) is 5.75 Å². The van der Waals surface area contributed by atoms with Gasteiger partial charge in [0.05, 0.1) is 5.69 Å². The molecule has 172 valence electrons. The van der Waals surface area contributed by atoms with Crippen molar-refractivity contribution in [1.82, 2.24) is 10.3 Å². The van der Waals surface area contributed by atoms with Gasteiger partial charge in [0.1, 0.15) is 5.69 Å². The number of ether oxygens (including phenoxy) is 1. The van der Waals surface area contributed by atoms with Gasteiger partial charge in [0.15, 0.2) is 11.5 Å². The van der Waals surface area contributed by atoms with E-state index in [1.165, 1.54) is 12.1 Å². The molecule has 6 nitrogen and oxygen atoms in total. The van der Waals surface area contributed by atoms with Crippen LogP contribution in [0.15, 0.2) is 78.7 Å². The minimum Gasteiger partial charge on any atom is -0.449 e. The monoisotopic (exact) mass is 465 g/mol. The molecule has 4 rings (SSSR count). The number of aromatic nitrogens is 1. The summed E-state index contributed by atoms with van der Waals surface area (Å²) in [6.45, 7) is 0.0361. The van der Waals surface area contributed by atoms with E-state index in [9.17, 15) is 22.8 Å². The van der Waals surface area contributed by atoms with Crippen molar-refractivity contribution in [3.63, 3.8) is 0 Å². The van der Waals surface area contributed by atoms with Crippen LogP contribution in [0.3, 0.4) is 0 Å².